The number of hydrogen-bond donors (Lipinski definition) is 1. The van der Waals surface area contributed by atoms with E-state index in [4.69, 9.17) is 4.74 Å². The molecule has 3 aliphatic heterocycles. The van der Waals surface area contributed by atoms with Gasteiger partial charge in [-0.2, -0.15) is 0 Å². The van der Waals surface area contributed by atoms with E-state index >= 15 is 0 Å². The zero-order valence-electron chi connectivity index (χ0n) is 24.1. The van der Waals surface area contributed by atoms with E-state index in [0.717, 1.165) is 12.0 Å². The number of benzene rings is 1. The number of aliphatic hydroxyl groups excluding tert-OH is 1. The molecule has 3 heterocycles. The van der Waals surface area contributed by atoms with Crippen molar-refractivity contribution in [2.24, 2.45) is 11.8 Å². The Morgan fingerprint density at radius 1 is 1.07 bits per heavy atom. The lowest BCUT2D eigenvalue weighted by Crippen LogP contribution is -2.56. The molecule has 2 bridgehead atoms. The van der Waals surface area contributed by atoms with Crippen molar-refractivity contribution in [2.75, 3.05) is 32.8 Å². The molecular formula is C32H45N3O5. The molecule has 1 N–H and O–H groups in total. The van der Waals surface area contributed by atoms with Gasteiger partial charge >= 0.3 is 0 Å². The summed E-state index contributed by atoms with van der Waals surface area (Å²) in [5.41, 5.74) is -0.855. The Kier molecular flexibility index (Phi) is 9.52. The van der Waals surface area contributed by atoms with Gasteiger partial charge in [-0.1, -0.05) is 56.3 Å². The van der Waals surface area contributed by atoms with Crippen LogP contribution in [0.2, 0.25) is 0 Å². The van der Waals surface area contributed by atoms with Gasteiger partial charge in [0, 0.05) is 39.3 Å². The van der Waals surface area contributed by atoms with Crippen LogP contribution in [0.3, 0.4) is 0 Å². The fourth-order valence-electron chi connectivity index (χ4n) is 7.29. The Morgan fingerprint density at radius 3 is 2.40 bits per heavy atom. The summed E-state index contributed by atoms with van der Waals surface area (Å²) in [6.45, 7) is 13.8. The molecule has 3 fully saturated rings. The van der Waals surface area contributed by atoms with Crippen molar-refractivity contribution < 1.29 is 24.2 Å². The fourth-order valence-corrected chi connectivity index (χ4v) is 7.29. The predicted molar refractivity (Wildman–Crippen MR) is 154 cm³/mol. The first kappa shape index (κ1) is 30.0. The summed E-state index contributed by atoms with van der Waals surface area (Å²) in [6.07, 6.45) is 7.07. The van der Waals surface area contributed by atoms with E-state index in [0.29, 0.717) is 64.8 Å². The highest BCUT2D eigenvalue weighted by Crippen LogP contribution is 2.64. The van der Waals surface area contributed by atoms with Crippen molar-refractivity contribution in [3.8, 4) is 0 Å². The SMILES string of the molecule is C=CCN(Cc1ccccc1)C(=O)C1N(CCCCO)C(=O)[C@@H]2[C@@H](C(=O)N(CC=C)CCC)[C@@]3(CC)CCC12O3. The average molecular weight is 552 g/mol. The number of carbonyl (C=O) groups is 3. The maximum Gasteiger partial charge on any atom is 0.248 e. The minimum atomic E-state index is -1.06. The lowest BCUT2D eigenvalue weighted by Gasteiger charge is -2.37. The molecule has 0 saturated carbocycles. The molecule has 2 unspecified atom stereocenters. The molecular weight excluding hydrogens is 506 g/mol. The van der Waals surface area contributed by atoms with Crippen LogP contribution >= 0.6 is 0 Å². The molecule has 218 valence electrons. The van der Waals surface area contributed by atoms with Gasteiger partial charge in [0.2, 0.25) is 17.7 Å². The van der Waals surface area contributed by atoms with Gasteiger partial charge in [-0.25, -0.2) is 0 Å². The standard InChI is InChI=1S/C32H45N3O5/c1-5-18-33(19-6-2)28(37)25-26-29(38)35(21-12-13-22-36)27(32(26)17-16-31(25,8-4)40-32)30(39)34(20-7-3)23-24-14-10-9-11-15-24/h5,7,9-11,14-15,25-27,36H,1,3,6,8,12-13,16-23H2,2,4H3/t25-,26-,27?,31+,32?/m0/s1. The highest BCUT2D eigenvalue weighted by molar-refractivity contribution is 5.99. The van der Waals surface area contributed by atoms with Gasteiger partial charge in [-0.3, -0.25) is 14.4 Å². The summed E-state index contributed by atoms with van der Waals surface area (Å²) in [7, 11) is 0. The molecule has 5 atom stereocenters. The molecule has 4 rings (SSSR count). The first-order chi connectivity index (χ1) is 19.3. The van der Waals surface area contributed by atoms with Gasteiger partial charge in [0.25, 0.3) is 0 Å². The molecule has 3 aliphatic rings. The van der Waals surface area contributed by atoms with Gasteiger partial charge in [-0.15, -0.1) is 13.2 Å². The molecule has 40 heavy (non-hydrogen) atoms. The van der Waals surface area contributed by atoms with Crippen molar-refractivity contribution >= 4 is 17.7 Å². The van der Waals surface area contributed by atoms with Crippen LogP contribution in [0.15, 0.2) is 55.6 Å². The van der Waals surface area contributed by atoms with Crippen LogP contribution in [0, 0.1) is 11.8 Å². The molecule has 0 radical (unpaired) electrons. The van der Waals surface area contributed by atoms with E-state index in [1.807, 2.05) is 44.2 Å². The molecule has 1 aromatic rings. The summed E-state index contributed by atoms with van der Waals surface area (Å²) < 4.78 is 6.92. The maximum atomic E-state index is 14.5. The Morgan fingerprint density at radius 2 is 1.77 bits per heavy atom. The smallest absolute Gasteiger partial charge is 0.248 e. The van der Waals surface area contributed by atoms with Crippen LogP contribution in [0.1, 0.15) is 57.9 Å². The third-order valence-electron chi connectivity index (χ3n) is 9.02. The Balaban J connectivity index is 1.76. The van der Waals surface area contributed by atoms with Gasteiger partial charge in [0.1, 0.15) is 11.6 Å². The maximum absolute atomic E-state index is 14.5. The van der Waals surface area contributed by atoms with Crippen LogP contribution in [0.4, 0.5) is 0 Å². The lowest BCUT2D eigenvalue weighted by atomic mass is 9.64. The molecule has 1 aromatic carbocycles. The Hall–Kier alpha value is -2.97. The number of ether oxygens (including phenoxy) is 1. The van der Waals surface area contributed by atoms with Crippen molar-refractivity contribution in [2.45, 2.75) is 76.2 Å². The first-order valence-corrected chi connectivity index (χ1v) is 14.8. The second kappa shape index (κ2) is 12.7. The third kappa shape index (κ3) is 5.12. The highest BCUT2D eigenvalue weighted by Gasteiger charge is 2.78. The van der Waals surface area contributed by atoms with E-state index in [-0.39, 0.29) is 24.3 Å². The molecule has 8 heteroatoms. The number of fused-ring (bicyclic) bond motifs is 1. The van der Waals surface area contributed by atoms with Gasteiger partial charge in [0.05, 0.1) is 17.4 Å². The number of unbranched alkanes of at least 4 members (excludes halogenated alkanes) is 1. The number of hydrogen-bond acceptors (Lipinski definition) is 5. The van der Waals surface area contributed by atoms with Crippen LogP contribution in [-0.4, -0.2) is 87.6 Å². The van der Waals surface area contributed by atoms with Crippen LogP contribution < -0.4 is 0 Å². The zero-order chi connectivity index (χ0) is 28.9. The summed E-state index contributed by atoms with van der Waals surface area (Å²) in [5.74, 6) is -1.81. The number of aliphatic hydroxyl groups is 1. The summed E-state index contributed by atoms with van der Waals surface area (Å²) in [5, 5.41) is 9.44. The summed E-state index contributed by atoms with van der Waals surface area (Å²) in [4.78, 5) is 48.2. The van der Waals surface area contributed by atoms with Crippen LogP contribution in [-0.2, 0) is 25.7 Å². The normalized spacial score (nSPS) is 28.4. The highest BCUT2D eigenvalue weighted by atomic mass is 16.5. The third-order valence-corrected chi connectivity index (χ3v) is 9.02. The van der Waals surface area contributed by atoms with E-state index in [9.17, 15) is 19.5 Å². The van der Waals surface area contributed by atoms with Gasteiger partial charge in [0.15, 0.2) is 0 Å². The molecule has 1 spiro atoms. The minimum Gasteiger partial charge on any atom is -0.396 e. The average Bonchev–Trinajstić information content (AvgIpc) is 3.56. The first-order valence-electron chi connectivity index (χ1n) is 14.8. The predicted octanol–water partition coefficient (Wildman–Crippen LogP) is 3.55. The second-order valence-corrected chi connectivity index (χ2v) is 11.4. The van der Waals surface area contributed by atoms with Crippen LogP contribution in [0.25, 0.3) is 0 Å². The van der Waals surface area contributed by atoms with Crippen molar-refractivity contribution in [3.05, 3.63) is 61.2 Å². The summed E-state index contributed by atoms with van der Waals surface area (Å²) in [6, 6.07) is 8.93. The molecule has 0 aliphatic carbocycles. The Labute approximate surface area is 238 Å². The lowest BCUT2D eigenvalue weighted by molar-refractivity contribution is -0.155. The summed E-state index contributed by atoms with van der Waals surface area (Å²) >= 11 is 0. The van der Waals surface area contributed by atoms with Gasteiger partial charge in [-0.05, 0) is 44.1 Å². The topological polar surface area (TPSA) is 90.4 Å². The fraction of sp³-hybridized carbons (Fsp3) is 0.594. The van der Waals surface area contributed by atoms with Crippen molar-refractivity contribution in [1.82, 2.24) is 14.7 Å². The van der Waals surface area contributed by atoms with E-state index < -0.39 is 29.1 Å². The number of carbonyl (C=O) groups excluding carboxylic acids is 3. The quantitative estimate of drug-likeness (QED) is 0.266. The van der Waals surface area contributed by atoms with E-state index in [1.165, 1.54) is 0 Å². The van der Waals surface area contributed by atoms with E-state index in [1.54, 1.807) is 26.9 Å². The molecule has 0 aromatic heterocycles. The minimum absolute atomic E-state index is 0.00982. The van der Waals surface area contributed by atoms with E-state index in [2.05, 4.69) is 13.2 Å². The number of rotatable bonds is 15. The Bertz CT molecular complexity index is 1090. The van der Waals surface area contributed by atoms with Crippen LogP contribution in [0.5, 0.6) is 0 Å². The number of nitrogens with zero attached hydrogens (tertiary/aromatic N) is 3. The zero-order valence-corrected chi connectivity index (χ0v) is 24.1. The largest absolute Gasteiger partial charge is 0.396 e. The van der Waals surface area contributed by atoms with Crippen molar-refractivity contribution in [3.63, 3.8) is 0 Å². The molecule has 8 nitrogen and oxygen atoms in total. The van der Waals surface area contributed by atoms with Gasteiger partial charge < -0.3 is 24.5 Å². The monoisotopic (exact) mass is 551 g/mol. The second-order valence-electron chi connectivity index (χ2n) is 11.4. The number of amides is 3. The number of likely N-dealkylation sites (tertiary alicyclic amines) is 1. The van der Waals surface area contributed by atoms with Crippen molar-refractivity contribution in [1.29, 1.82) is 0 Å². The molecule has 3 saturated heterocycles. The molecule has 3 amide bonds.